The third-order valence-corrected chi connectivity index (χ3v) is 1.81. The van der Waals surface area contributed by atoms with Crippen molar-refractivity contribution in [2.24, 2.45) is 0 Å². The van der Waals surface area contributed by atoms with E-state index in [0.29, 0.717) is 0 Å². The van der Waals surface area contributed by atoms with E-state index < -0.39 is 15.5 Å². The van der Waals surface area contributed by atoms with Crippen LogP contribution in [0.5, 0.6) is 0 Å². The van der Waals surface area contributed by atoms with Crippen molar-refractivity contribution < 1.29 is 9.85 Å². The van der Waals surface area contributed by atoms with Crippen molar-refractivity contribution in [3.8, 4) is 0 Å². The Kier molecular flexibility index (Phi) is 2.70. The molecule has 0 bridgehead atoms. The van der Waals surface area contributed by atoms with Gasteiger partial charge in [0.05, 0.1) is 15.9 Å². The molecule has 3 N–H and O–H groups in total. The minimum absolute atomic E-state index is 0.116. The van der Waals surface area contributed by atoms with Crippen molar-refractivity contribution in [3.63, 3.8) is 0 Å². The summed E-state index contributed by atoms with van der Waals surface area (Å²) in [7, 11) is 1.47. The summed E-state index contributed by atoms with van der Waals surface area (Å²) in [6.45, 7) is 0. The van der Waals surface area contributed by atoms with Crippen LogP contribution in [-0.4, -0.2) is 16.9 Å². The summed E-state index contributed by atoms with van der Waals surface area (Å²) in [4.78, 5) is 19.6. The lowest BCUT2D eigenvalue weighted by Gasteiger charge is -2.03. The smallest absolute Gasteiger partial charge is 0.299 e. The molecule has 0 aliphatic rings. The zero-order valence-electron chi connectivity index (χ0n) is 7.76. The zero-order valence-corrected chi connectivity index (χ0v) is 7.76. The number of hydrogen-bond donors (Lipinski definition) is 2. The van der Waals surface area contributed by atoms with E-state index in [0.717, 1.165) is 12.1 Å². The second-order valence-corrected chi connectivity index (χ2v) is 2.69. The van der Waals surface area contributed by atoms with Crippen molar-refractivity contribution in [3.05, 3.63) is 32.4 Å². The first-order valence-corrected chi connectivity index (χ1v) is 3.87. The lowest BCUT2D eigenvalue weighted by Crippen LogP contribution is -2.01. The number of nitro benzene ring substituents is 2. The minimum Gasteiger partial charge on any atom is -0.393 e. The standard InChI is InChI=1S/C7H8N4O4/c1-9-5-2-4(8)6(10(12)13)3-7(5)11(14)15/h2-3,9H,8H2,1H3. The van der Waals surface area contributed by atoms with Gasteiger partial charge >= 0.3 is 0 Å². The maximum atomic E-state index is 10.6. The Balaban J connectivity index is 3.43. The predicted molar refractivity (Wildman–Crippen MR) is 53.7 cm³/mol. The molecule has 0 atom stereocenters. The van der Waals surface area contributed by atoms with Gasteiger partial charge in [0, 0.05) is 7.05 Å². The molecule has 8 nitrogen and oxygen atoms in total. The second kappa shape index (κ2) is 3.78. The Morgan fingerprint density at radius 3 is 2.13 bits per heavy atom. The summed E-state index contributed by atoms with van der Waals surface area (Å²) in [5.41, 5.74) is 4.54. The molecular formula is C7H8N4O4. The largest absolute Gasteiger partial charge is 0.393 e. The first-order valence-electron chi connectivity index (χ1n) is 3.87. The highest BCUT2D eigenvalue weighted by Gasteiger charge is 2.22. The first-order chi connectivity index (χ1) is 6.97. The number of rotatable bonds is 3. The number of benzene rings is 1. The molecule has 8 heteroatoms. The van der Waals surface area contributed by atoms with E-state index in [1.54, 1.807) is 0 Å². The van der Waals surface area contributed by atoms with Gasteiger partial charge in [-0.25, -0.2) is 0 Å². The van der Waals surface area contributed by atoms with E-state index >= 15 is 0 Å². The van der Waals surface area contributed by atoms with Gasteiger partial charge in [-0.3, -0.25) is 20.2 Å². The Morgan fingerprint density at radius 2 is 1.73 bits per heavy atom. The molecule has 1 aromatic carbocycles. The van der Waals surface area contributed by atoms with Crippen molar-refractivity contribution in [1.82, 2.24) is 0 Å². The Bertz CT molecular complexity index is 431. The summed E-state index contributed by atoms with van der Waals surface area (Å²) >= 11 is 0. The molecule has 0 aromatic heterocycles. The second-order valence-electron chi connectivity index (χ2n) is 2.69. The maximum absolute atomic E-state index is 10.6. The van der Waals surface area contributed by atoms with Crippen molar-refractivity contribution in [2.45, 2.75) is 0 Å². The first kappa shape index (κ1) is 10.7. The number of hydrogen-bond acceptors (Lipinski definition) is 6. The van der Waals surface area contributed by atoms with Gasteiger partial charge in [0.1, 0.15) is 11.4 Å². The number of nitrogen functional groups attached to an aromatic ring is 1. The van der Waals surface area contributed by atoms with Gasteiger partial charge in [0.25, 0.3) is 11.4 Å². The number of nitrogens with zero attached hydrogens (tertiary/aromatic N) is 2. The molecule has 0 aliphatic carbocycles. The summed E-state index contributed by atoms with van der Waals surface area (Å²) in [5, 5.41) is 23.6. The van der Waals surface area contributed by atoms with E-state index in [9.17, 15) is 20.2 Å². The molecule has 0 heterocycles. The van der Waals surface area contributed by atoms with Crippen LogP contribution in [-0.2, 0) is 0 Å². The van der Waals surface area contributed by atoms with Gasteiger partial charge in [0.2, 0.25) is 0 Å². The number of nitrogens with one attached hydrogen (secondary N) is 1. The number of anilines is 2. The third kappa shape index (κ3) is 1.93. The highest BCUT2D eigenvalue weighted by molar-refractivity contribution is 5.75. The van der Waals surface area contributed by atoms with Crippen LogP contribution in [0.1, 0.15) is 0 Å². The third-order valence-electron chi connectivity index (χ3n) is 1.81. The average Bonchev–Trinajstić information content (AvgIpc) is 2.16. The van der Waals surface area contributed by atoms with Crippen LogP contribution in [0.25, 0.3) is 0 Å². The van der Waals surface area contributed by atoms with Crippen LogP contribution in [0.3, 0.4) is 0 Å². The lowest BCUT2D eigenvalue weighted by molar-refractivity contribution is -0.393. The molecule has 0 radical (unpaired) electrons. The van der Waals surface area contributed by atoms with Gasteiger partial charge in [-0.15, -0.1) is 0 Å². The summed E-state index contributed by atoms with van der Waals surface area (Å²) in [5.74, 6) is 0. The van der Waals surface area contributed by atoms with Gasteiger partial charge in [-0.2, -0.15) is 0 Å². The molecule has 1 rings (SSSR count). The topological polar surface area (TPSA) is 124 Å². The molecule has 1 aromatic rings. The van der Waals surface area contributed by atoms with E-state index in [-0.39, 0.29) is 17.1 Å². The van der Waals surface area contributed by atoms with E-state index in [1.165, 1.54) is 7.05 Å². The quantitative estimate of drug-likeness (QED) is 0.439. The highest BCUT2D eigenvalue weighted by Crippen LogP contribution is 2.33. The van der Waals surface area contributed by atoms with E-state index in [4.69, 9.17) is 5.73 Å². The molecule has 80 valence electrons. The molecular weight excluding hydrogens is 204 g/mol. The van der Waals surface area contributed by atoms with Crippen LogP contribution in [0.15, 0.2) is 12.1 Å². The molecule has 0 spiro atoms. The van der Waals surface area contributed by atoms with Crippen molar-refractivity contribution in [1.29, 1.82) is 0 Å². The predicted octanol–water partition coefficient (Wildman–Crippen LogP) is 1.13. The van der Waals surface area contributed by atoms with Gasteiger partial charge in [0.15, 0.2) is 0 Å². The number of nitrogens with two attached hydrogens (primary N) is 1. The summed E-state index contributed by atoms with van der Waals surface area (Å²) in [6, 6.07) is 2.00. The molecule has 0 amide bonds. The summed E-state index contributed by atoms with van der Waals surface area (Å²) < 4.78 is 0. The molecule has 0 unspecified atom stereocenters. The minimum atomic E-state index is -0.762. The van der Waals surface area contributed by atoms with Gasteiger partial charge in [-0.05, 0) is 6.07 Å². The maximum Gasteiger partial charge on any atom is 0.299 e. The summed E-state index contributed by atoms with van der Waals surface area (Å²) in [6.07, 6.45) is 0. The zero-order chi connectivity index (χ0) is 11.6. The Labute approximate surface area is 84.0 Å². The van der Waals surface area contributed by atoms with E-state index in [1.807, 2.05) is 0 Å². The molecule has 0 aliphatic heterocycles. The Morgan fingerprint density at radius 1 is 1.20 bits per heavy atom. The van der Waals surface area contributed by atoms with Crippen LogP contribution < -0.4 is 11.1 Å². The normalized spacial score (nSPS) is 9.67. The Hall–Kier alpha value is -2.38. The fourth-order valence-electron chi connectivity index (χ4n) is 1.10. The average molecular weight is 212 g/mol. The molecule has 0 fully saturated rings. The van der Waals surface area contributed by atoms with Crippen LogP contribution in [0, 0.1) is 20.2 Å². The van der Waals surface area contributed by atoms with Gasteiger partial charge in [-0.1, -0.05) is 0 Å². The fraction of sp³-hybridized carbons (Fsp3) is 0.143. The molecule has 0 saturated carbocycles. The monoisotopic (exact) mass is 212 g/mol. The van der Waals surface area contributed by atoms with Gasteiger partial charge < -0.3 is 11.1 Å². The lowest BCUT2D eigenvalue weighted by atomic mass is 10.2. The number of nitro groups is 2. The fourth-order valence-corrected chi connectivity index (χ4v) is 1.10. The van der Waals surface area contributed by atoms with Crippen molar-refractivity contribution in [2.75, 3.05) is 18.1 Å². The van der Waals surface area contributed by atoms with E-state index in [2.05, 4.69) is 5.32 Å². The highest BCUT2D eigenvalue weighted by atomic mass is 16.6. The SMILES string of the molecule is CNc1cc(N)c([N+](=O)[O-])cc1[N+](=O)[O-]. The van der Waals surface area contributed by atoms with Crippen molar-refractivity contribution >= 4 is 22.7 Å². The van der Waals surface area contributed by atoms with Crippen LogP contribution >= 0.6 is 0 Å². The molecule has 0 saturated heterocycles. The van der Waals surface area contributed by atoms with Crippen LogP contribution in [0.2, 0.25) is 0 Å². The van der Waals surface area contributed by atoms with Crippen LogP contribution in [0.4, 0.5) is 22.7 Å². The molecule has 15 heavy (non-hydrogen) atoms.